The molecule has 0 spiro atoms. The summed E-state index contributed by atoms with van der Waals surface area (Å²) in [6.45, 7) is -0.00519. The Labute approximate surface area is 131 Å². The van der Waals surface area contributed by atoms with Crippen LogP contribution in [-0.2, 0) is 21.2 Å². The molecule has 0 aliphatic carbocycles. The number of sulfonamides is 1. The van der Waals surface area contributed by atoms with Gasteiger partial charge in [-0.1, -0.05) is 0 Å². The standard InChI is InChI=1S/C13H14F2N4O3S/c1-22-3-2-7-12(14)8(9-5-19-11(16)6-18-9)4-10(13(7)15)23(17,20)21/h4-6H,2-3H2,1H3,(H2,16,19)(H2,17,20,21). The summed E-state index contributed by atoms with van der Waals surface area (Å²) in [5.74, 6) is -2.09. The van der Waals surface area contributed by atoms with Gasteiger partial charge in [-0.3, -0.25) is 4.98 Å². The Balaban J connectivity index is 2.73. The number of anilines is 1. The monoisotopic (exact) mass is 344 g/mol. The maximum Gasteiger partial charge on any atom is 0.241 e. The van der Waals surface area contributed by atoms with Gasteiger partial charge in [-0.05, 0) is 6.07 Å². The van der Waals surface area contributed by atoms with Crippen molar-refractivity contribution in [2.45, 2.75) is 11.3 Å². The van der Waals surface area contributed by atoms with Crippen LogP contribution in [0.4, 0.5) is 14.6 Å². The fraction of sp³-hybridized carbons (Fsp3) is 0.231. The maximum absolute atomic E-state index is 14.6. The second-order valence-corrected chi connectivity index (χ2v) is 6.17. The number of nitrogens with two attached hydrogens (primary N) is 2. The number of hydrogen-bond donors (Lipinski definition) is 2. The van der Waals surface area contributed by atoms with Crippen LogP contribution in [0, 0.1) is 11.6 Å². The molecule has 2 rings (SSSR count). The molecular formula is C13H14F2N4O3S. The van der Waals surface area contributed by atoms with Crippen molar-refractivity contribution >= 4 is 15.8 Å². The first kappa shape index (κ1) is 17.2. The summed E-state index contributed by atoms with van der Waals surface area (Å²) in [4.78, 5) is 6.80. The van der Waals surface area contributed by atoms with Gasteiger partial charge in [-0.25, -0.2) is 27.3 Å². The first-order valence-corrected chi connectivity index (χ1v) is 7.90. The van der Waals surface area contributed by atoms with Gasteiger partial charge >= 0.3 is 0 Å². The van der Waals surface area contributed by atoms with Gasteiger partial charge in [0.05, 0.1) is 24.7 Å². The van der Waals surface area contributed by atoms with Gasteiger partial charge in [0.15, 0.2) is 0 Å². The summed E-state index contributed by atoms with van der Waals surface area (Å²) in [5, 5.41) is 5.00. The zero-order valence-electron chi connectivity index (χ0n) is 12.1. The lowest BCUT2D eigenvalue weighted by Crippen LogP contribution is -2.17. The normalized spacial score (nSPS) is 11.7. The molecule has 0 amide bonds. The lowest BCUT2D eigenvalue weighted by atomic mass is 10.0. The number of nitrogens with zero attached hydrogens (tertiary/aromatic N) is 2. The van der Waals surface area contributed by atoms with Crippen LogP contribution in [0.25, 0.3) is 11.3 Å². The fourth-order valence-electron chi connectivity index (χ4n) is 1.96. The lowest BCUT2D eigenvalue weighted by molar-refractivity contribution is 0.200. The van der Waals surface area contributed by atoms with E-state index in [0.717, 1.165) is 12.3 Å². The van der Waals surface area contributed by atoms with E-state index in [1.165, 1.54) is 13.3 Å². The third kappa shape index (κ3) is 3.60. The molecule has 10 heteroatoms. The van der Waals surface area contributed by atoms with Crippen LogP contribution in [-0.4, -0.2) is 32.1 Å². The van der Waals surface area contributed by atoms with Gasteiger partial charge in [-0.2, -0.15) is 0 Å². The van der Waals surface area contributed by atoms with Crippen LogP contribution >= 0.6 is 0 Å². The zero-order chi connectivity index (χ0) is 17.2. The highest BCUT2D eigenvalue weighted by molar-refractivity contribution is 7.89. The number of aromatic nitrogens is 2. The molecule has 4 N–H and O–H groups in total. The maximum atomic E-state index is 14.6. The van der Waals surface area contributed by atoms with Gasteiger partial charge in [0.1, 0.15) is 22.3 Å². The Kier molecular flexibility index (Phi) is 4.88. The highest BCUT2D eigenvalue weighted by Gasteiger charge is 2.25. The van der Waals surface area contributed by atoms with Gasteiger partial charge in [0.25, 0.3) is 0 Å². The lowest BCUT2D eigenvalue weighted by Gasteiger charge is -2.12. The molecule has 0 bridgehead atoms. The Morgan fingerprint density at radius 1 is 1.22 bits per heavy atom. The number of ether oxygens (including phenoxy) is 1. The molecular weight excluding hydrogens is 330 g/mol. The third-order valence-corrected chi connectivity index (χ3v) is 3.98. The van der Waals surface area contributed by atoms with Gasteiger partial charge < -0.3 is 10.5 Å². The van der Waals surface area contributed by atoms with Crippen LogP contribution in [0.3, 0.4) is 0 Å². The van der Waals surface area contributed by atoms with E-state index in [2.05, 4.69) is 9.97 Å². The third-order valence-electron chi connectivity index (χ3n) is 3.07. The van der Waals surface area contributed by atoms with Crippen molar-refractivity contribution in [2.75, 3.05) is 19.5 Å². The highest BCUT2D eigenvalue weighted by atomic mass is 32.2. The Bertz CT molecular complexity index is 826. The quantitative estimate of drug-likeness (QED) is 0.829. The molecule has 0 saturated heterocycles. The SMILES string of the molecule is COCCc1c(F)c(-c2cnc(N)cn2)cc(S(N)(=O)=O)c1F. The Morgan fingerprint density at radius 3 is 2.43 bits per heavy atom. The number of halogens is 2. The Morgan fingerprint density at radius 2 is 1.91 bits per heavy atom. The molecule has 0 unspecified atom stereocenters. The second-order valence-electron chi connectivity index (χ2n) is 4.64. The fourth-order valence-corrected chi connectivity index (χ4v) is 2.61. The highest BCUT2D eigenvalue weighted by Crippen LogP contribution is 2.30. The molecule has 0 saturated carbocycles. The molecule has 124 valence electrons. The van der Waals surface area contributed by atoms with Crippen LogP contribution in [0.1, 0.15) is 5.56 Å². The van der Waals surface area contributed by atoms with E-state index in [1.807, 2.05) is 0 Å². The Hall–Kier alpha value is -2.17. The largest absolute Gasteiger partial charge is 0.384 e. The number of benzene rings is 1. The van der Waals surface area contributed by atoms with Crippen molar-refractivity contribution < 1.29 is 21.9 Å². The van der Waals surface area contributed by atoms with Crippen LogP contribution in [0.15, 0.2) is 23.4 Å². The van der Waals surface area contributed by atoms with E-state index in [4.69, 9.17) is 15.6 Å². The number of nitrogen functional groups attached to an aromatic ring is 1. The van der Waals surface area contributed by atoms with Gasteiger partial charge in [0, 0.05) is 24.7 Å². The minimum Gasteiger partial charge on any atom is -0.384 e. The number of primary sulfonamides is 1. The zero-order valence-corrected chi connectivity index (χ0v) is 12.9. The molecule has 2 aromatic rings. The molecule has 1 heterocycles. The number of hydrogen-bond acceptors (Lipinski definition) is 6. The summed E-state index contributed by atoms with van der Waals surface area (Å²) >= 11 is 0. The summed E-state index contributed by atoms with van der Waals surface area (Å²) < 4.78 is 56.8. The van der Waals surface area contributed by atoms with Crippen LogP contribution in [0.5, 0.6) is 0 Å². The van der Waals surface area contributed by atoms with Crippen molar-refractivity contribution in [1.29, 1.82) is 0 Å². The van der Waals surface area contributed by atoms with Crippen LogP contribution in [0.2, 0.25) is 0 Å². The van der Waals surface area contributed by atoms with E-state index in [-0.39, 0.29) is 30.1 Å². The average molecular weight is 344 g/mol. The van der Waals surface area contributed by atoms with E-state index in [1.54, 1.807) is 0 Å². The smallest absolute Gasteiger partial charge is 0.241 e. The predicted octanol–water partition coefficient (Wildman–Crippen LogP) is 0.840. The topological polar surface area (TPSA) is 121 Å². The minimum atomic E-state index is -4.39. The average Bonchev–Trinajstić information content (AvgIpc) is 2.47. The first-order chi connectivity index (χ1) is 10.8. The molecule has 0 aliphatic rings. The predicted molar refractivity (Wildman–Crippen MR) is 78.7 cm³/mol. The summed E-state index contributed by atoms with van der Waals surface area (Å²) in [7, 11) is -3.04. The van der Waals surface area contributed by atoms with E-state index < -0.39 is 32.1 Å². The first-order valence-electron chi connectivity index (χ1n) is 6.36. The summed E-state index contributed by atoms with van der Waals surface area (Å²) in [6.07, 6.45) is 2.15. The molecule has 7 nitrogen and oxygen atoms in total. The van der Waals surface area contributed by atoms with E-state index in [9.17, 15) is 17.2 Å². The van der Waals surface area contributed by atoms with Crippen molar-refractivity contribution in [3.63, 3.8) is 0 Å². The molecule has 1 aromatic carbocycles. The summed E-state index contributed by atoms with van der Waals surface area (Å²) in [5.41, 5.74) is 4.71. The molecule has 0 aliphatic heterocycles. The van der Waals surface area contributed by atoms with Gasteiger partial charge in [-0.15, -0.1) is 0 Å². The van der Waals surface area contributed by atoms with Crippen molar-refractivity contribution in [3.8, 4) is 11.3 Å². The summed E-state index contributed by atoms with van der Waals surface area (Å²) in [6, 6.07) is 0.788. The number of rotatable bonds is 5. The molecule has 0 fully saturated rings. The van der Waals surface area contributed by atoms with Gasteiger partial charge in [0.2, 0.25) is 10.0 Å². The van der Waals surface area contributed by atoms with Crippen molar-refractivity contribution in [2.24, 2.45) is 5.14 Å². The molecule has 1 aromatic heterocycles. The van der Waals surface area contributed by atoms with E-state index >= 15 is 0 Å². The minimum absolute atomic E-state index is 0.000247. The van der Waals surface area contributed by atoms with Crippen molar-refractivity contribution in [1.82, 2.24) is 9.97 Å². The van der Waals surface area contributed by atoms with Crippen molar-refractivity contribution in [3.05, 3.63) is 35.7 Å². The number of methoxy groups -OCH3 is 1. The molecule has 0 atom stereocenters. The second kappa shape index (κ2) is 6.52. The van der Waals surface area contributed by atoms with Crippen LogP contribution < -0.4 is 10.9 Å². The molecule has 0 radical (unpaired) electrons. The van der Waals surface area contributed by atoms with E-state index in [0.29, 0.717) is 0 Å². The molecule has 23 heavy (non-hydrogen) atoms.